The van der Waals surface area contributed by atoms with E-state index in [4.69, 9.17) is 0 Å². The van der Waals surface area contributed by atoms with Gasteiger partial charge in [-0.05, 0) is 24.6 Å². The second-order valence-electron chi connectivity index (χ2n) is 5.32. The second-order valence-corrected chi connectivity index (χ2v) is 7.46. The van der Waals surface area contributed by atoms with E-state index >= 15 is 0 Å². The molecule has 1 aromatic rings. The van der Waals surface area contributed by atoms with Gasteiger partial charge in [0.05, 0.1) is 5.75 Å². The molecule has 1 aliphatic heterocycles. The van der Waals surface area contributed by atoms with Gasteiger partial charge in [0.1, 0.15) is 0 Å². The third-order valence-corrected chi connectivity index (χ3v) is 4.22. The maximum atomic E-state index is 12.5. The normalized spacial score (nSPS) is 19.0. The van der Waals surface area contributed by atoms with E-state index in [-0.39, 0.29) is 30.1 Å². The van der Waals surface area contributed by atoms with Gasteiger partial charge in [0.15, 0.2) is 9.84 Å². The van der Waals surface area contributed by atoms with E-state index in [0.29, 0.717) is 17.7 Å². The third-order valence-electron chi connectivity index (χ3n) is 3.36. The predicted molar refractivity (Wildman–Crippen MR) is 85.6 cm³/mol. The molecule has 118 valence electrons. The molecule has 1 aromatic carbocycles. The molecule has 0 unspecified atom stereocenters. The minimum absolute atomic E-state index is 0. The van der Waals surface area contributed by atoms with Gasteiger partial charge in [0.25, 0.3) is 5.91 Å². The summed E-state index contributed by atoms with van der Waals surface area (Å²) < 4.78 is 22.7. The molecule has 1 N–H and O–H groups in total. The number of carbonyl (C=O) groups excluding carboxylic acids is 1. The standard InChI is InChI=1S/C14H20N2O3S.ClH/c1-11-9-15-6-7-16(11)14(17)13-5-3-4-12(8-13)10-20(2,18)19;/h3-5,8,11,15H,6-7,9-10H2,1-2H3;1H/t11-;/m0./s1. The van der Waals surface area contributed by atoms with Gasteiger partial charge in [0.2, 0.25) is 0 Å². The summed E-state index contributed by atoms with van der Waals surface area (Å²) in [5.41, 5.74) is 1.21. The molecule has 1 aliphatic rings. The summed E-state index contributed by atoms with van der Waals surface area (Å²) in [6.45, 7) is 4.26. The van der Waals surface area contributed by atoms with Gasteiger partial charge in [0, 0.05) is 37.5 Å². The minimum Gasteiger partial charge on any atom is -0.333 e. The number of piperazine rings is 1. The number of carbonyl (C=O) groups is 1. The van der Waals surface area contributed by atoms with Gasteiger partial charge in [-0.25, -0.2) is 8.42 Å². The van der Waals surface area contributed by atoms with Crippen LogP contribution in [-0.2, 0) is 15.6 Å². The van der Waals surface area contributed by atoms with Crippen molar-refractivity contribution >= 4 is 28.2 Å². The molecule has 1 heterocycles. The Balaban J connectivity index is 0.00000220. The molecule has 0 radical (unpaired) electrons. The first-order chi connectivity index (χ1) is 9.37. The summed E-state index contributed by atoms with van der Waals surface area (Å²) in [5.74, 6) is -0.0695. The van der Waals surface area contributed by atoms with Crippen molar-refractivity contribution in [1.29, 1.82) is 0 Å². The van der Waals surface area contributed by atoms with Gasteiger partial charge in [-0.1, -0.05) is 12.1 Å². The average molecular weight is 333 g/mol. The lowest BCUT2D eigenvalue weighted by molar-refractivity contribution is 0.0655. The summed E-state index contributed by atoms with van der Waals surface area (Å²) in [6, 6.07) is 7.04. The molecular weight excluding hydrogens is 312 g/mol. The van der Waals surface area contributed by atoms with Gasteiger partial charge in [-0.15, -0.1) is 12.4 Å². The van der Waals surface area contributed by atoms with Crippen molar-refractivity contribution in [1.82, 2.24) is 10.2 Å². The Morgan fingerprint density at radius 1 is 1.43 bits per heavy atom. The fraction of sp³-hybridized carbons (Fsp3) is 0.500. The topological polar surface area (TPSA) is 66.5 Å². The van der Waals surface area contributed by atoms with E-state index in [0.717, 1.165) is 13.1 Å². The Labute approximate surface area is 132 Å². The van der Waals surface area contributed by atoms with Crippen LogP contribution in [0, 0.1) is 0 Å². The third kappa shape index (κ3) is 4.98. The molecule has 1 atom stereocenters. The number of hydrogen-bond acceptors (Lipinski definition) is 4. The van der Waals surface area contributed by atoms with Crippen LogP contribution >= 0.6 is 12.4 Å². The first-order valence-corrected chi connectivity index (χ1v) is 8.71. The van der Waals surface area contributed by atoms with E-state index in [1.807, 2.05) is 11.8 Å². The number of rotatable bonds is 3. The molecule has 0 saturated carbocycles. The van der Waals surface area contributed by atoms with Crippen molar-refractivity contribution in [2.75, 3.05) is 25.9 Å². The number of benzene rings is 1. The lowest BCUT2D eigenvalue weighted by Gasteiger charge is -2.34. The van der Waals surface area contributed by atoms with E-state index < -0.39 is 9.84 Å². The SMILES string of the molecule is C[C@H]1CNCCN1C(=O)c1cccc(CS(C)(=O)=O)c1.Cl. The van der Waals surface area contributed by atoms with Crippen molar-refractivity contribution in [2.45, 2.75) is 18.7 Å². The second kappa shape index (κ2) is 7.24. The van der Waals surface area contributed by atoms with Crippen molar-refractivity contribution in [3.63, 3.8) is 0 Å². The fourth-order valence-corrected chi connectivity index (χ4v) is 3.19. The molecule has 1 fully saturated rings. The van der Waals surface area contributed by atoms with Crippen LogP contribution < -0.4 is 5.32 Å². The molecule has 0 spiro atoms. The Kier molecular flexibility index (Phi) is 6.19. The molecule has 0 aromatic heterocycles. The summed E-state index contributed by atoms with van der Waals surface area (Å²) in [7, 11) is -3.09. The van der Waals surface area contributed by atoms with Crippen LogP contribution in [0.25, 0.3) is 0 Å². The van der Waals surface area contributed by atoms with E-state index in [1.54, 1.807) is 24.3 Å². The highest BCUT2D eigenvalue weighted by molar-refractivity contribution is 7.89. The Bertz CT molecular complexity index is 604. The summed E-state index contributed by atoms with van der Waals surface area (Å²) >= 11 is 0. The monoisotopic (exact) mass is 332 g/mol. The Morgan fingerprint density at radius 3 is 2.76 bits per heavy atom. The van der Waals surface area contributed by atoms with Gasteiger partial charge in [-0.3, -0.25) is 4.79 Å². The Morgan fingerprint density at radius 2 is 2.14 bits per heavy atom. The van der Waals surface area contributed by atoms with Gasteiger partial charge >= 0.3 is 0 Å². The quantitative estimate of drug-likeness (QED) is 0.899. The van der Waals surface area contributed by atoms with Crippen molar-refractivity contribution in [2.24, 2.45) is 0 Å². The van der Waals surface area contributed by atoms with Crippen LogP contribution in [0.5, 0.6) is 0 Å². The van der Waals surface area contributed by atoms with Crippen LogP contribution in [0.4, 0.5) is 0 Å². The number of sulfone groups is 1. The lowest BCUT2D eigenvalue weighted by atomic mass is 10.1. The Hall–Kier alpha value is -1.11. The zero-order valence-corrected chi connectivity index (χ0v) is 13.8. The van der Waals surface area contributed by atoms with Crippen LogP contribution in [0.2, 0.25) is 0 Å². The molecule has 0 bridgehead atoms. The van der Waals surface area contributed by atoms with Crippen LogP contribution in [0.3, 0.4) is 0 Å². The minimum atomic E-state index is -3.09. The largest absolute Gasteiger partial charge is 0.333 e. The maximum Gasteiger partial charge on any atom is 0.254 e. The smallest absolute Gasteiger partial charge is 0.254 e. The van der Waals surface area contributed by atoms with E-state index in [1.165, 1.54) is 6.26 Å². The number of nitrogens with one attached hydrogen (secondary N) is 1. The highest BCUT2D eigenvalue weighted by atomic mass is 35.5. The highest BCUT2D eigenvalue weighted by Gasteiger charge is 2.24. The van der Waals surface area contributed by atoms with Crippen LogP contribution in [-0.4, -0.2) is 51.2 Å². The van der Waals surface area contributed by atoms with Crippen LogP contribution in [0.1, 0.15) is 22.8 Å². The fourth-order valence-electron chi connectivity index (χ4n) is 2.41. The molecule has 5 nitrogen and oxygen atoms in total. The van der Waals surface area contributed by atoms with Gasteiger partial charge in [-0.2, -0.15) is 0 Å². The van der Waals surface area contributed by atoms with Crippen molar-refractivity contribution in [3.8, 4) is 0 Å². The highest BCUT2D eigenvalue weighted by Crippen LogP contribution is 2.13. The summed E-state index contributed by atoms with van der Waals surface area (Å²) in [6.07, 6.45) is 1.19. The summed E-state index contributed by atoms with van der Waals surface area (Å²) in [4.78, 5) is 14.3. The zero-order chi connectivity index (χ0) is 14.8. The van der Waals surface area contributed by atoms with Gasteiger partial charge < -0.3 is 10.2 Å². The van der Waals surface area contributed by atoms with Crippen molar-refractivity contribution < 1.29 is 13.2 Å². The molecule has 1 saturated heterocycles. The lowest BCUT2D eigenvalue weighted by Crippen LogP contribution is -2.52. The summed E-state index contributed by atoms with van der Waals surface area (Å²) in [5, 5.41) is 3.24. The molecular formula is C14H21ClN2O3S. The maximum absolute atomic E-state index is 12.5. The zero-order valence-electron chi connectivity index (χ0n) is 12.2. The number of halogens is 1. The molecule has 1 amide bonds. The first-order valence-electron chi connectivity index (χ1n) is 6.65. The number of hydrogen-bond donors (Lipinski definition) is 1. The van der Waals surface area contributed by atoms with Crippen molar-refractivity contribution in [3.05, 3.63) is 35.4 Å². The molecule has 7 heteroatoms. The van der Waals surface area contributed by atoms with Crippen LogP contribution in [0.15, 0.2) is 24.3 Å². The van der Waals surface area contributed by atoms with E-state index in [2.05, 4.69) is 5.32 Å². The average Bonchev–Trinajstić information content (AvgIpc) is 2.37. The molecule has 21 heavy (non-hydrogen) atoms. The predicted octanol–water partition coefficient (Wildman–Crippen LogP) is 1.09. The first kappa shape index (κ1) is 17.9. The number of amides is 1. The molecule has 0 aliphatic carbocycles. The number of nitrogens with zero attached hydrogens (tertiary/aromatic N) is 1. The molecule has 2 rings (SSSR count). The van der Waals surface area contributed by atoms with E-state index in [9.17, 15) is 13.2 Å².